The van der Waals surface area contributed by atoms with E-state index in [1.54, 1.807) is 49.4 Å². The summed E-state index contributed by atoms with van der Waals surface area (Å²) in [7, 11) is 3.02. The van der Waals surface area contributed by atoms with Gasteiger partial charge in [0.2, 0.25) is 5.91 Å². The lowest BCUT2D eigenvalue weighted by Gasteiger charge is -2.25. The number of amides is 4. The molecule has 2 aromatic carbocycles. The Morgan fingerprint density at radius 2 is 1.83 bits per heavy atom. The van der Waals surface area contributed by atoms with Gasteiger partial charge in [-0.05, 0) is 18.1 Å². The van der Waals surface area contributed by atoms with Gasteiger partial charge in [0.25, 0.3) is 5.91 Å². The summed E-state index contributed by atoms with van der Waals surface area (Å²) in [5.74, 6) is 0.0303. The molecule has 0 radical (unpaired) electrons. The van der Waals surface area contributed by atoms with E-state index >= 15 is 0 Å². The number of rotatable bonds is 7. The third-order valence-electron chi connectivity index (χ3n) is 4.97. The summed E-state index contributed by atoms with van der Waals surface area (Å²) in [6, 6.07) is 13.4. The molecule has 0 spiro atoms. The predicted octanol–water partition coefficient (Wildman–Crippen LogP) is 2.13. The Morgan fingerprint density at radius 3 is 2.45 bits per heavy atom. The first-order valence-corrected chi connectivity index (χ1v) is 9.17. The Labute approximate surface area is 168 Å². The lowest BCUT2D eigenvalue weighted by molar-refractivity contribution is -0.139. The molecule has 1 fully saturated rings. The lowest BCUT2D eigenvalue weighted by atomic mass is 9.87. The predicted molar refractivity (Wildman–Crippen MR) is 105 cm³/mol. The summed E-state index contributed by atoms with van der Waals surface area (Å²) in [5, 5.41) is 3.47. The Balaban J connectivity index is 1.77. The molecule has 1 aliphatic rings. The molecule has 1 aliphatic heterocycles. The maximum Gasteiger partial charge on any atom is 0.344 e. The standard InChI is InChI=1S/C21H23N3O5/c1-4-21(15-8-6-5-7-9-15)19(26)24(20(27)22-21)23-18(25)12-14-10-11-16(28-2)13-17(14)29-3/h5-11,13H,4,12H2,1-3H3,(H,22,27)(H,23,25)/t21-/m1/s1. The molecule has 152 valence electrons. The summed E-state index contributed by atoms with van der Waals surface area (Å²) >= 11 is 0. The van der Waals surface area contributed by atoms with E-state index in [0.29, 0.717) is 29.0 Å². The highest BCUT2D eigenvalue weighted by atomic mass is 16.5. The largest absolute Gasteiger partial charge is 0.497 e. The number of urea groups is 1. The van der Waals surface area contributed by atoms with Crippen LogP contribution in [0.25, 0.3) is 0 Å². The van der Waals surface area contributed by atoms with Crippen molar-refractivity contribution in [3.63, 3.8) is 0 Å². The first kappa shape index (κ1) is 20.2. The van der Waals surface area contributed by atoms with Crippen LogP contribution in [-0.4, -0.2) is 37.1 Å². The molecule has 29 heavy (non-hydrogen) atoms. The number of ether oxygens (including phenoxy) is 2. The second-order valence-corrected chi connectivity index (χ2v) is 6.59. The van der Waals surface area contributed by atoms with Crippen molar-refractivity contribution in [3.05, 3.63) is 59.7 Å². The highest BCUT2D eigenvalue weighted by Gasteiger charge is 2.52. The van der Waals surface area contributed by atoms with E-state index in [2.05, 4.69) is 10.7 Å². The van der Waals surface area contributed by atoms with Crippen molar-refractivity contribution in [2.45, 2.75) is 25.3 Å². The minimum atomic E-state index is -1.20. The monoisotopic (exact) mass is 397 g/mol. The number of hydrogen-bond acceptors (Lipinski definition) is 5. The second kappa shape index (κ2) is 8.22. The molecule has 0 bridgehead atoms. The molecule has 1 saturated heterocycles. The van der Waals surface area contributed by atoms with Gasteiger partial charge in [-0.3, -0.25) is 15.0 Å². The molecule has 2 N–H and O–H groups in total. The number of imide groups is 1. The maximum atomic E-state index is 13.1. The van der Waals surface area contributed by atoms with Gasteiger partial charge in [-0.1, -0.05) is 43.3 Å². The molecular formula is C21H23N3O5. The minimum absolute atomic E-state index is 0.0747. The van der Waals surface area contributed by atoms with Crippen molar-refractivity contribution in [3.8, 4) is 11.5 Å². The number of benzene rings is 2. The van der Waals surface area contributed by atoms with Gasteiger partial charge in [0.15, 0.2) is 0 Å². The summed E-state index contributed by atoms with van der Waals surface area (Å²) in [6.07, 6.45) is 0.273. The van der Waals surface area contributed by atoms with E-state index < -0.39 is 23.4 Å². The highest BCUT2D eigenvalue weighted by molar-refractivity contribution is 6.08. The van der Waals surface area contributed by atoms with Crippen LogP contribution in [0, 0.1) is 0 Å². The zero-order valence-electron chi connectivity index (χ0n) is 16.5. The van der Waals surface area contributed by atoms with Crippen LogP contribution in [0.1, 0.15) is 24.5 Å². The SMILES string of the molecule is CC[C@]1(c2ccccc2)NC(=O)N(NC(=O)Cc2ccc(OC)cc2OC)C1=O. The lowest BCUT2D eigenvalue weighted by Crippen LogP contribution is -2.49. The van der Waals surface area contributed by atoms with Gasteiger partial charge in [-0.15, -0.1) is 0 Å². The third kappa shape index (κ3) is 3.73. The quantitative estimate of drug-likeness (QED) is 0.698. The van der Waals surface area contributed by atoms with Gasteiger partial charge in [0.05, 0.1) is 20.6 Å². The molecule has 8 nitrogen and oxygen atoms in total. The summed E-state index contributed by atoms with van der Waals surface area (Å²) < 4.78 is 10.4. The van der Waals surface area contributed by atoms with Gasteiger partial charge >= 0.3 is 6.03 Å². The fourth-order valence-electron chi connectivity index (χ4n) is 3.37. The number of nitrogens with one attached hydrogen (secondary N) is 2. The Morgan fingerprint density at radius 1 is 1.10 bits per heavy atom. The van der Waals surface area contributed by atoms with Crippen LogP contribution >= 0.6 is 0 Å². The molecule has 8 heteroatoms. The Bertz CT molecular complexity index is 931. The molecule has 0 saturated carbocycles. The van der Waals surface area contributed by atoms with Gasteiger partial charge < -0.3 is 14.8 Å². The number of nitrogens with zero attached hydrogens (tertiary/aromatic N) is 1. The van der Waals surface area contributed by atoms with E-state index in [4.69, 9.17) is 9.47 Å². The second-order valence-electron chi connectivity index (χ2n) is 6.59. The van der Waals surface area contributed by atoms with Crippen LogP contribution in [0.15, 0.2) is 48.5 Å². The zero-order valence-corrected chi connectivity index (χ0v) is 16.5. The van der Waals surface area contributed by atoms with E-state index in [9.17, 15) is 14.4 Å². The van der Waals surface area contributed by atoms with Crippen molar-refractivity contribution in [2.75, 3.05) is 14.2 Å². The topological polar surface area (TPSA) is 97.0 Å². The number of hydrazine groups is 1. The molecule has 1 atom stereocenters. The van der Waals surface area contributed by atoms with Crippen LogP contribution in [0.5, 0.6) is 11.5 Å². The molecule has 1 heterocycles. The van der Waals surface area contributed by atoms with Crippen molar-refractivity contribution in [1.29, 1.82) is 0 Å². The summed E-state index contributed by atoms with van der Waals surface area (Å²) in [5.41, 5.74) is 2.47. The molecule has 4 amide bonds. The van der Waals surface area contributed by atoms with Gasteiger partial charge in [0, 0.05) is 11.6 Å². The molecule has 0 aliphatic carbocycles. The first-order chi connectivity index (χ1) is 13.9. The van der Waals surface area contributed by atoms with Crippen LogP contribution in [-0.2, 0) is 21.5 Å². The third-order valence-corrected chi connectivity index (χ3v) is 4.97. The molecule has 2 aromatic rings. The van der Waals surface area contributed by atoms with E-state index in [0.717, 1.165) is 5.01 Å². The number of hydrogen-bond donors (Lipinski definition) is 2. The molecular weight excluding hydrogens is 374 g/mol. The van der Waals surface area contributed by atoms with Gasteiger partial charge in [-0.2, -0.15) is 5.01 Å². The smallest absolute Gasteiger partial charge is 0.344 e. The summed E-state index contributed by atoms with van der Waals surface area (Å²) in [4.78, 5) is 38.1. The van der Waals surface area contributed by atoms with Crippen LogP contribution in [0.4, 0.5) is 4.79 Å². The average molecular weight is 397 g/mol. The number of methoxy groups -OCH3 is 2. The molecule has 0 unspecified atom stereocenters. The van der Waals surface area contributed by atoms with Crippen molar-refractivity contribution < 1.29 is 23.9 Å². The number of carbonyl (C=O) groups excluding carboxylic acids is 3. The van der Waals surface area contributed by atoms with E-state index in [1.165, 1.54) is 14.2 Å². The highest BCUT2D eigenvalue weighted by Crippen LogP contribution is 2.31. The van der Waals surface area contributed by atoms with E-state index in [-0.39, 0.29) is 6.42 Å². The molecule has 0 aromatic heterocycles. The fraction of sp³-hybridized carbons (Fsp3) is 0.286. The van der Waals surface area contributed by atoms with Crippen LogP contribution in [0.3, 0.4) is 0 Å². The number of carbonyl (C=O) groups is 3. The average Bonchev–Trinajstić information content (AvgIpc) is 2.99. The van der Waals surface area contributed by atoms with Crippen LogP contribution in [0.2, 0.25) is 0 Å². The van der Waals surface area contributed by atoms with Gasteiger partial charge in [0.1, 0.15) is 17.0 Å². The Kier molecular flexibility index (Phi) is 5.72. The Hall–Kier alpha value is -3.55. The first-order valence-electron chi connectivity index (χ1n) is 9.17. The van der Waals surface area contributed by atoms with Gasteiger partial charge in [-0.25, -0.2) is 4.79 Å². The molecule has 3 rings (SSSR count). The van der Waals surface area contributed by atoms with Crippen molar-refractivity contribution in [2.24, 2.45) is 0 Å². The van der Waals surface area contributed by atoms with Crippen molar-refractivity contribution in [1.82, 2.24) is 15.8 Å². The minimum Gasteiger partial charge on any atom is -0.497 e. The summed E-state index contributed by atoms with van der Waals surface area (Å²) in [6.45, 7) is 1.80. The zero-order chi connectivity index (χ0) is 21.0. The van der Waals surface area contributed by atoms with Crippen molar-refractivity contribution >= 4 is 17.8 Å². The normalized spacial score (nSPS) is 18.4. The fourth-order valence-corrected chi connectivity index (χ4v) is 3.37. The van der Waals surface area contributed by atoms with E-state index in [1.807, 2.05) is 6.07 Å². The van der Waals surface area contributed by atoms with Crippen LogP contribution < -0.4 is 20.2 Å². The maximum absolute atomic E-state index is 13.1.